The number of hydrogen-bond acceptors (Lipinski definition) is 6. The zero-order valence-electron chi connectivity index (χ0n) is 23.3. The highest BCUT2D eigenvalue weighted by molar-refractivity contribution is 7.92. The van der Waals surface area contributed by atoms with Gasteiger partial charge in [-0.3, -0.25) is 14.4 Å². The third-order valence-corrected chi connectivity index (χ3v) is 7.56. The van der Waals surface area contributed by atoms with Crippen molar-refractivity contribution < 1.29 is 17.9 Å². The predicted molar refractivity (Wildman–Crippen MR) is 161 cm³/mol. The minimum Gasteiger partial charge on any atom is -0.457 e. The number of hydrogen-bond donors (Lipinski definition) is 3. The minimum atomic E-state index is -3.31. The van der Waals surface area contributed by atoms with E-state index in [0.29, 0.717) is 17.5 Å². The zero-order chi connectivity index (χ0) is 28.4. The lowest BCUT2D eigenvalue weighted by Gasteiger charge is -2.34. The summed E-state index contributed by atoms with van der Waals surface area (Å²) in [6.45, 7) is 4.98. The number of amides is 1. The molecule has 1 unspecified atom stereocenters. The number of piperidine rings is 1. The SMILES string of the molecule is CCCCC(NC1CCN(Cc2ccc(Oc3ccc(NS(C)(=O)=O)cc3)cc2)CC1)C(=O)Nc1ccccc1. The molecule has 1 atom stereocenters. The lowest BCUT2D eigenvalue weighted by molar-refractivity contribution is -0.118. The van der Waals surface area contributed by atoms with Crippen molar-refractivity contribution in [1.29, 1.82) is 0 Å². The first-order valence-corrected chi connectivity index (χ1v) is 15.9. The van der Waals surface area contributed by atoms with E-state index in [-0.39, 0.29) is 11.9 Å². The number of ether oxygens (including phenoxy) is 1. The van der Waals surface area contributed by atoms with Gasteiger partial charge in [0, 0.05) is 24.0 Å². The minimum absolute atomic E-state index is 0.0471. The van der Waals surface area contributed by atoms with E-state index in [2.05, 4.69) is 39.3 Å². The Balaban J connectivity index is 1.23. The van der Waals surface area contributed by atoms with Crippen molar-refractivity contribution >= 4 is 27.3 Å². The van der Waals surface area contributed by atoms with Crippen LogP contribution < -0.4 is 20.1 Å². The van der Waals surface area contributed by atoms with Crippen LogP contribution in [-0.4, -0.2) is 50.7 Å². The predicted octanol–water partition coefficient (Wildman–Crippen LogP) is 5.60. The van der Waals surface area contributed by atoms with Crippen LogP contribution in [0, 0.1) is 0 Å². The summed E-state index contributed by atoms with van der Waals surface area (Å²) in [5, 5.41) is 6.72. The van der Waals surface area contributed by atoms with Gasteiger partial charge >= 0.3 is 0 Å². The number of likely N-dealkylation sites (tertiary alicyclic amines) is 1. The summed E-state index contributed by atoms with van der Waals surface area (Å²) in [4.78, 5) is 15.4. The number of nitrogens with one attached hydrogen (secondary N) is 3. The number of benzene rings is 3. The van der Waals surface area contributed by atoms with Crippen molar-refractivity contribution in [2.24, 2.45) is 0 Å². The molecule has 9 heteroatoms. The Kier molecular flexibility index (Phi) is 10.6. The van der Waals surface area contributed by atoms with E-state index in [9.17, 15) is 13.2 Å². The highest BCUT2D eigenvalue weighted by Gasteiger charge is 2.25. The number of carbonyl (C=O) groups excluding carboxylic acids is 1. The molecule has 3 aromatic rings. The number of unbranched alkanes of at least 4 members (excludes halogenated alkanes) is 1. The van der Waals surface area contributed by atoms with Crippen molar-refractivity contribution in [3.05, 3.63) is 84.4 Å². The number of sulfonamides is 1. The second-order valence-corrected chi connectivity index (χ2v) is 12.2. The fourth-order valence-corrected chi connectivity index (χ4v) is 5.42. The van der Waals surface area contributed by atoms with Gasteiger partial charge in [-0.05, 0) is 86.4 Å². The summed E-state index contributed by atoms with van der Waals surface area (Å²) < 4.78 is 31.1. The van der Waals surface area contributed by atoms with Crippen LogP contribution in [0.2, 0.25) is 0 Å². The third kappa shape index (κ3) is 9.66. The van der Waals surface area contributed by atoms with Crippen molar-refractivity contribution in [2.45, 2.75) is 57.7 Å². The van der Waals surface area contributed by atoms with Crippen LogP contribution in [0.15, 0.2) is 78.9 Å². The van der Waals surface area contributed by atoms with Gasteiger partial charge in [-0.1, -0.05) is 50.1 Å². The molecular formula is C31H40N4O4S. The van der Waals surface area contributed by atoms with Crippen molar-refractivity contribution in [1.82, 2.24) is 10.2 Å². The molecule has 0 aliphatic carbocycles. The topological polar surface area (TPSA) is 99.8 Å². The largest absolute Gasteiger partial charge is 0.457 e. The number of nitrogens with zero attached hydrogens (tertiary/aromatic N) is 1. The van der Waals surface area contributed by atoms with E-state index in [4.69, 9.17) is 4.74 Å². The van der Waals surface area contributed by atoms with Gasteiger partial charge in [-0.25, -0.2) is 8.42 Å². The van der Waals surface area contributed by atoms with Crippen molar-refractivity contribution in [3.8, 4) is 11.5 Å². The molecule has 214 valence electrons. The van der Waals surface area contributed by atoms with Crippen LogP contribution in [0.25, 0.3) is 0 Å². The summed E-state index contributed by atoms with van der Waals surface area (Å²) in [5.74, 6) is 1.41. The van der Waals surface area contributed by atoms with Gasteiger partial charge in [-0.15, -0.1) is 0 Å². The second-order valence-electron chi connectivity index (χ2n) is 10.4. The Bertz CT molecular complexity index is 1310. The van der Waals surface area contributed by atoms with Crippen LogP contribution >= 0.6 is 0 Å². The summed E-state index contributed by atoms with van der Waals surface area (Å²) in [6.07, 6.45) is 6.05. The van der Waals surface area contributed by atoms with E-state index in [0.717, 1.165) is 69.4 Å². The van der Waals surface area contributed by atoms with Gasteiger partial charge in [0.2, 0.25) is 15.9 Å². The standard InChI is InChI=1S/C31H40N4O4S/c1-3-4-10-30(31(36)33-25-8-6-5-7-9-25)32-26-19-21-35(22-20-26)23-24-11-15-28(16-12-24)39-29-17-13-27(14-18-29)34-40(2,37)38/h5-9,11-18,26,30,32,34H,3-4,10,19-23H2,1-2H3,(H,33,36). The highest BCUT2D eigenvalue weighted by atomic mass is 32.2. The summed E-state index contributed by atoms with van der Waals surface area (Å²) in [7, 11) is -3.31. The molecule has 0 aromatic heterocycles. The van der Waals surface area contributed by atoms with Crippen LogP contribution in [0.5, 0.6) is 11.5 Å². The molecule has 1 fully saturated rings. The molecule has 1 aliphatic heterocycles. The molecule has 1 aliphatic rings. The molecule has 0 radical (unpaired) electrons. The molecule has 3 aromatic carbocycles. The lowest BCUT2D eigenvalue weighted by Crippen LogP contribution is -2.50. The highest BCUT2D eigenvalue weighted by Crippen LogP contribution is 2.24. The van der Waals surface area contributed by atoms with Gasteiger partial charge in [0.05, 0.1) is 12.3 Å². The average molecular weight is 565 g/mol. The molecule has 3 N–H and O–H groups in total. The number of anilines is 2. The van der Waals surface area contributed by atoms with E-state index in [1.807, 2.05) is 42.5 Å². The molecule has 0 saturated carbocycles. The van der Waals surface area contributed by atoms with E-state index < -0.39 is 10.0 Å². The Morgan fingerprint density at radius 3 is 2.15 bits per heavy atom. The molecule has 0 spiro atoms. The summed E-state index contributed by atoms with van der Waals surface area (Å²) in [6, 6.07) is 24.7. The maximum Gasteiger partial charge on any atom is 0.241 e. The molecule has 40 heavy (non-hydrogen) atoms. The number of para-hydroxylation sites is 1. The van der Waals surface area contributed by atoms with E-state index in [1.165, 1.54) is 5.56 Å². The van der Waals surface area contributed by atoms with Gasteiger partial charge in [0.1, 0.15) is 11.5 Å². The Morgan fingerprint density at radius 1 is 0.925 bits per heavy atom. The normalized spacial score (nSPS) is 15.3. The number of carbonyl (C=O) groups is 1. The molecule has 1 amide bonds. The third-order valence-electron chi connectivity index (χ3n) is 6.95. The maximum atomic E-state index is 13.0. The van der Waals surface area contributed by atoms with Gasteiger partial charge in [-0.2, -0.15) is 0 Å². The molecular weight excluding hydrogens is 524 g/mol. The smallest absolute Gasteiger partial charge is 0.241 e. The molecule has 1 heterocycles. The van der Waals surface area contributed by atoms with E-state index >= 15 is 0 Å². The first kappa shape index (κ1) is 29.6. The fraction of sp³-hybridized carbons (Fsp3) is 0.387. The van der Waals surface area contributed by atoms with Crippen molar-refractivity contribution in [2.75, 3.05) is 29.4 Å². The first-order chi connectivity index (χ1) is 19.3. The Morgan fingerprint density at radius 2 is 1.55 bits per heavy atom. The van der Waals surface area contributed by atoms with Crippen LogP contribution in [0.1, 0.15) is 44.6 Å². The quantitative estimate of drug-likeness (QED) is 0.250. The molecule has 0 bridgehead atoms. The summed E-state index contributed by atoms with van der Waals surface area (Å²) >= 11 is 0. The van der Waals surface area contributed by atoms with Crippen LogP contribution in [-0.2, 0) is 21.4 Å². The van der Waals surface area contributed by atoms with Gasteiger partial charge in [0.25, 0.3) is 0 Å². The second kappa shape index (κ2) is 14.3. The molecule has 8 nitrogen and oxygen atoms in total. The van der Waals surface area contributed by atoms with Crippen LogP contribution in [0.3, 0.4) is 0 Å². The van der Waals surface area contributed by atoms with Crippen LogP contribution in [0.4, 0.5) is 11.4 Å². The zero-order valence-corrected chi connectivity index (χ0v) is 24.1. The van der Waals surface area contributed by atoms with Crippen molar-refractivity contribution in [3.63, 3.8) is 0 Å². The Hall–Kier alpha value is -3.40. The Labute approximate surface area is 238 Å². The molecule has 4 rings (SSSR count). The fourth-order valence-electron chi connectivity index (χ4n) is 4.85. The lowest BCUT2D eigenvalue weighted by atomic mass is 10.0. The van der Waals surface area contributed by atoms with Gasteiger partial charge in [0.15, 0.2) is 0 Å². The monoisotopic (exact) mass is 564 g/mol. The maximum absolute atomic E-state index is 13.0. The summed E-state index contributed by atoms with van der Waals surface area (Å²) in [5.41, 5.74) is 2.55. The van der Waals surface area contributed by atoms with Gasteiger partial charge < -0.3 is 15.4 Å². The average Bonchev–Trinajstić information content (AvgIpc) is 2.94. The molecule has 1 saturated heterocycles. The van der Waals surface area contributed by atoms with E-state index in [1.54, 1.807) is 24.3 Å². The number of rotatable bonds is 13. The first-order valence-electron chi connectivity index (χ1n) is 14.0.